The lowest BCUT2D eigenvalue weighted by molar-refractivity contribution is 0.0725. The summed E-state index contributed by atoms with van der Waals surface area (Å²) in [5.74, 6) is 1.18. The number of fused-ring (bicyclic) bond motifs is 1. The van der Waals surface area contributed by atoms with E-state index in [1.807, 2.05) is 18.2 Å². The third kappa shape index (κ3) is 3.28. The minimum Gasteiger partial charge on any atom is -0.445 e. The van der Waals surface area contributed by atoms with E-state index in [2.05, 4.69) is 27.1 Å². The van der Waals surface area contributed by atoms with Crippen molar-refractivity contribution in [3.8, 4) is 0 Å². The molecule has 0 atom stereocenters. The molecule has 1 aliphatic heterocycles. The molecule has 26 heavy (non-hydrogen) atoms. The average Bonchev–Trinajstić information content (AvgIpc) is 3.09. The first-order valence-electron chi connectivity index (χ1n) is 8.54. The van der Waals surface area contributed by atoms with Crippen LogP contribution in [0, 0.1) is 0 Å². The normalized spacial score (nSPS) is 13.5. The van der Waals surface area contributed by atoms with E-state index in [4.69, 9.17) is 4.42 Å². The fourth-order valence-corrected chi connectivity index (χ4v) is 3.10. The van der Waals surface area contributed by atoms with E-state index in [1.54, 1.807) is 4.90 Å². The number of carbonyl (C=O) groups excluding carboxylic acids is 1. The van der Waals surface area contributed by atoms with Gasteiger partial charge in [-0.2, -0.15) is 0 Å². The molecule has 2 aromatic heterocycles. The Morgan fingerprint density at radius 3 is 2.88 bits per heavy atom. The van der Waals surface area contributed by atoms with E-state index in [1.165, 1.54) is 18.1 Å². The number of nitrogens with one attached hydrogen (secondary N) is 1. The van der Waals surface area contributed by atoms with E-state index in [0.29, 0.717) is 31.8 Å². The molecule has 7 heteroatoms. The Balaban J connectivity index is 1.46. The Morgan fingerprint density at radius 2 is 2.08 bits per heavy atom. The summed E-state index contributed by atoms with van der Waals surface area (Å²) in [4.78, 5) is 36.8. The maximum absolute atomic E-state index is 12.6. The van der Waals surface area contributed by atoms with Crippen molar-refractivity contribution < 1.29 is 9.21 Å². The van der Waals surface area contributed by atoms with Crippen LogP contribution >= 0.6 is 0 Å². The van der Waals surface area contributed by atoms with Crippen LogP contribution in [0.15, 0.2) is 52.1 Å². The van der Waals surface area contributed by atoms with Crippen LogP contribution in [0.25, 0.3) is 0 Å². The number of benzene rings is 1. The van der Waals surface area contributed by atoms with Crippen LogP contribution in [0.5, 0.6) is 0 Å². The first-order chi connectivity index (χ1) is 12.7. The topological polar surface area (TPSA) is 92.1 Å². The SMILES string of the molecule is O=C(c1cnc[nH]c1=O)N1CCc2oc(CCc3ccccc3)nc2C1. The molecule has 1 aliphatic rings. The molecule has 0 fully saturated rings. The monoisotopic (exact) mass is 350 g/mol. The highest BCUT2D eigenvalue weighted by atomic mass is 16.4. The lowest BCUT2D eigenvalue weighted by Crippen LogP contribution is -2.38. The van der Waals surface area contributed by atoms with Gasteiger partial charge in [-0.25, -0.2) is 9.97 Å². The Hall–Kier alpha value is -3.22. The van der Waals surface area contributed by atoms with E-state index in [-0.39, 0.29) is 11.5 Å². The molecular weight excluding hydrogens is 332 g/mol. The summed E-state index contributed by atoms with van der Waals surface area (Å²) in [7, 11) is 0. The van der Waals surface area contributed by atoms with Crippen LogP contribution in [0.3, 0.4) is 0 Å². The molecule has 1 N–H and O–H groups in total. The van der Waals surface area contributed by atoms with Crippen LogP contribution in [-0.2, 0) is 25.8 Å². The maximum Gasteiger partial charge on any atom is 0.263 e. The molecule has 1 amide bonds. The molecule has 0 unspecified atom stereocenters. The number of nitrogens with zero attached hydrogens (tertiary/aromatic N) is 3. The lowest BCUT2D eigenvalue weighted by Gasteiger charge is -2.24. The second-order valence-corrected chi connectivity index (χ2v) is 6.23. The Kier molecular flexibility index (Phi) is 4.35. The van der Waals surface area contributed by atoms with Crippen molar-refractivity contribution in [2.75, 3.05) is 6.54 Å². The molecule has 7 nitrogen and oxygen atoms in total. The number of amides is 1. The summed E-state index contributed by atoms with van der Waals surface area (Å²) in [6, 6.07) is 10.2. The van der Waals surface area contributed by atoms with Gasteiger partial charge in [-0.05, 0) is 12.0 Å². The molecule has 0 saturated heterocycles. The molecule has 0 aliphatic carbocycles. The molecule has 3 aromatic rings. The summed E-state index contributed by atoms with van der Waals surface area (Å²) in [5.41, 5.74) is 1.62. The highest BCUT2D eigenvalue weighted by molar-refractivity contribution is 5.93. The predicted molar refractivity (Wildman–Crippen MR) is 93.7 cm³/mol. The quantitative estimate of drug-likeness (QED) is 0.774. The van der Waals surface area contributed by atoms with Gasteiger partial charge in [0.25, 0.3) is 11.5 Å². The molecule has 4 rings (SSSR count). The van der Waals surface area contributed by atoms with Crippen molar-refractivity contribution in [3.05, 3.63) is 81.7 Å². The van der Waals surface area contributed by atoms with Gasteiger partial charge in [0.1, 0.15) is 17.0 Å². The smallest absolute Gasteiger partial charge is 0.263 e. The van der Waals surface area contributed by atoms with Gasteiger partial charge in [0.15, 0.2) is 5.89 Å². The van der Waals surface area contributed by atoms with E-state index in [0.717, 1.165) is 17.9 Å². The summed E-state index contributed by atoms with van der Waals surface area (Å²) in [6.07, 6.45) is 4.73. The molecule has 132 valence electrons. The highest BCUT2D eigenvalue weighted by Gasteiger charge is 2.27. The number of hydrogen-bond donors (Lipinski definition) is 1. The van der Waals surface area contributed by atoms with E-state index >= 15 is 0 Å². The number of aryl methyl sites for hydroxylation is 2. The van der Waals surface area contributed by atoms with Gasteiger partial charge in [-0.3, -0.25) is 9.59 Å². The highest BCUT2D eigenvalue weighted by Crippen LogP contribution is 2.21. The van der Waals surface area contributed by atoms with Crippen LogP contribution in [0.4, 0.5) is 0 Å². The zero-order valence-electron chi connectivity index (χ0n) is 14.1. The van der Waals surface area contributed by atoms with E-state index < -0.39 is 5.56 Å². The molecule has 0 radical (unpaired) electrons. The van der Waals surface area contributed by atoms with Crippen LogP contribution in [0.2, 0.25) is 0 Å². The predicted octanol–water partition coefficient (Wildman–Crippen LogP) is 1.74. The summed E-state index contributed by atoms with van der Waals surface area (Å²) in [5, 5.41) is 0. The molecular formula is C19H18N4O3. The fourth-order valence-electron chi connectivity index (χ4n) is 3.10. The molecule has 0 spiro atoms. The van der Waals surface area contributed by atoms with Crippen molar-refractivity contribution in [1.29, 1.82) is 0 Å². The Bertz CT molecular complexity index is 978. The van der Waals surface area contributed by atoms with Crippen LogP contribution in [-0.4, -0.2) is 32.3 Å². The Labute approximate surface area is 149 Å². The first kappa shape index (κ1) is 16.3. The zero-order valence-corrected chi connectivity index (χ0v) is 14.1. The standard InChI is InChI=1S/C19H18N4O3/c24-18-14(10-20-12-21-18)19(25)23-9-8-16-15(11-23)22-17(26-16)7-6-13-4-2-1-3-5-13/h1-5,10,12H,6-9,11H2,(H,20,21,24). The summed E-state index contributed by atoms with van der Waals surface area (Å²) >= 11 is 0. The van der Waals surface area contributed by atoms with Crippen molar-refractivity contribution in [2.45, 2.75) is 25.8 Å². The van der Waals surface area contributed by atoms with Gasteiger partial charge < -0.3 is 14.3 Å². The van der Waals surface area contributed by atoms with Crippen LogP contribution < -0.4 is 5.56 Å². The third-order valence-electron chi connectivity index (χ3n) is 4.48. The number of rotatable bonds is 4. The summed E-state index contributed by atoms with van der Waals surface area (Å²) < 4.78 is 5.86. The van der Waals surface area contributed by atoms with Gasteiger partial charge in [0.2, 0.25) is 0 Å². The molecule has 3 heterocycles. The van der Waals surface area contributed by atoms with E-state index in [9.17, 15) is 9.59 Å². The minimum atomic E-state index is -0.431. The van der Waals surface area contributed by atoms with Crippen molar-refractivity contribution in [1.82, 2.24) is 19.9 Å². The average molecular weight is 350 g/mol. The van der Waals surface area contributed by atoms with Crippen molar-refractivity contribution in [2.24, 2.45) is 0 Å². The van der Waals surface area contributed by atoms with Gasteiger partial charge in [-0.1, -0.05) is 30.3 Å². The van der Waals surface area contributed by atoms with Gasteiger partial charge in [0, 0.05) is 25.6 Å². The zero-order chi connectivity index (χ0) is 17.9. The largest absolute Gasteiger partial charge is 0.445 e. The molecule has 1 aromatic carbocycles. The second kappa shape index (κ2) is 6.95. The number of oxazole rings is 1. The van der Waals surface area contributed by atoms with Crippen molar-refractivity contribution >= 4 is 5.91 Å². The number of H-pyrrole nitrogens is 1. The van der Waals surface area contributed by atoms with Crippen LogP contribution in [0.1, 0.15) is 33.3 Å². The maximum atomic E-state index is 12.6. The Morgan fingerprint density at radius 1 is 1.23 bits per heavy atom. The third-order valence-corrected chi connectivity index (χ3v) is 4.48. The minimum absolute atomic E-state index is 0.0451. The summed E-state index contributed by atoms with van der Waals surface area (Å²) in [6.45, 7) is 0.838. The fraction of sp³-hybridized carbons (Fsp3) is 0.263. The lowest BCUT2D eigenvalue weighted by atomic mass is 10.1. The van der Waals surface area contributed by atoms with Gasteiger partial charge in [-0.15, -0.1) is 0 Å². The number of aromatic nitrogens is 3. The van der Waals surface area contributed by atoms with Gasteiger partial charge in [0.05, 0.1) is 12.9 Å². The number of carbonyl (C=O) groups is 1. The molecule has 0 bridgehead atoms. The number of aromatic amines is 1. The molecule has 0 saturated carbocycles. The number of hydrogen-bond acceptors (Lipinski definition) is 5. The van der Waals surface area contributed by atoms with Gasteiger partial charge >= 0.3 is 0 Å². The van der Waals surface area contributed by atoms with Crippen molar-refractivity contribution in [3.63, 3.8) is 0 Å². The first-order valence-corrected chi connectivity index (χ1v) is 8.54. The second-order valence-electron chi connectivity index (χ2n) is 6.23.